The molecule has 90 valence electrons. The normalized spacial score (nSPS) is 9.71. The second-order valence-corrected chi connectivity index (χ2v) is 3.39. The molecular formula is C11H11NO5. The Balaban J connectivity index is 3.28. The van der Waals surface area contributed by atoms with Crippen LogP contribution in [-0.2, 0) is 16.0 Å². The number of amides is 1. The molecule has 6 heteroatoms. The monoisotopic (exact) mass is 237 g/mol. The summed E-state index contributed by atoms with van der Waals surface area (Å²) in [6, 6.07) is 4.21. The van der Waals surface area contributed by atoms with Gasteiger partial charge in [-0.1, -0.05) is 6.07 Å². The Bertz CT molecular complexity index is 481. The molecule has 3 N–H and O–H groups in total. The van der Waals surface area contributed by atoms with E-state index >= 15 is 0 Å². The third-order valence-electron chi connectivity index (χ3n) is 2.05. The SMILES string of the molecule is CC(=O)Nc1cccc(C(=O)O)c1CC(=O)O. The summed E-state index contributed by atoms with van der Waals surface area (Å²) in [5.74, 6) is -2.78. The molecule has 1 aromatic carbocycles. The Morgan fingerprint density at radius 3 is 2.35 bits per heavy atom. The number of aromatic carboxylic acids is 1. The lowest BCUT2D eigenvalue weighted by atomic mass is 10.0. The fraction of sp³-hybridized carbons (Fsp3) is 0.182. The van der Waals surface area contributed by atoms with Crippen molar-refractivity contribution in [2.24, 2.45) is 0 Å². The number of carboxylic acid groups (broad SMARTS) is 2. The number of anilines is 1. The Hall–Kier alpha value is -2.37. The smallest absolute Gasteiger partial charge is 0.336 e. The van der Waals surface area contributed by atoms with Crippen molar-refractivity contribution in [3.05, 3.63) is 29.3 Å². The largest absolute Gasteiger partial charge is 0.481 e. The molecule has 0 aliphatic heterocycles. The summed E-state index contributed by atoms with van der Waals surface area (Å²) in [4.78, 5) is 32.5. The highest BCUT2D eigenvalue weighted by Gasteiger charge is 2.16. The molecule has 0 spiro atoms. The molecule has 0 aromatic heterocycles. The van der Waals surface area contributed by atoms with Crippen LogP contribution < -0.4 is 5.32 Å². The lowest BCUT2D eigenvalue weighted by Crippen LogP contribution is -2.14. The zero-order valence-electron chi connectivity index (χ0n) is 9.06. The van der Waals surface area contributed by atoms with Crippen LogP contribution in [0.4, 0.5) is 5.69 Å². The lowest BCUT2D eigenvalue weighted by Gasteiger charge is -2.10. The van der Waals surface area contributed by atoms with E-state index in [1.165, 1.54) is 25.1 Å². The molecule has 0 heterocycles. The van der Waals surface area contributed by atoms with Crippen LogP contribution in [-0.4, -0.2) is 28.1 Å². The summed E-state index contributed by atoms with van der Waals surface area (Å²) in [6.45, 7) is 1.26. The van der Waals surface area contributed by atoms with Crippen LogP contribution in [0, 0.1) is 0 Å². The van der Waals surface area contributed by atoms with Gasteiger partial charge >= 0.3 is 11.9 Å². The fourth-order valence-corrected chi connectivity index (χ4v) is 1.44. The quantitative estimate of drug-likeness (QED) is 0.723. The summed E-state index contributed by atoms with van der Waals surface area (Å²) in [6.07, 6.45) is -0.460. The molecule has 0 saturated heterocycles. The van der Waals surface area contributed by atoms with E-state index < -0.39 is 18.4 Å². The number of benzene rings is 1. The average Bonchev–Trinajstić information content (AvgIpc) is 2.18. The summed E-state index contributed by atoms with van der Waals surface area (Å²) >= 11 is 0. The van der Waals surface area contributed by atoms with Crippen LogP contribution in [0.5, 0.6) is 0 Å². The molecule has 1 amide bonds. The number of carbonyl (C=O) groups is 3. The van der Waals surface area contributed by atoms with Gasteiger partial charge in [0.15, 0.2) is 0 Å². The Morgan fingerprint density at radius 2 is 1.88 bits per heavy atom. The number of nitrogens with one attached hydrogen (secondary N) is 1. The van der Waals surface area contributed by atoms with Gasteiger partial charge in [0, 0.05) is 18.2 Å². The zero-order chi connectivity index (χ0) is 13.0. The van der Waals surface area contributed by atoms with Gasteiger partial charge in [0.2, 0.25) is 5.91 Å². The first kappa shape index (κ1) is 12.7. The van der Waals surface area contributed by atoms with E-state index in [9.17, 15) is 14.4 Å². The average molecular weight is 237 g/mol. The van der Waals surface area contributed by atoms with Crippen LogP contribution >= 0.6 is 0 Å². The number of hydrogen-bond donors (Lipinski definition) is 3. The van der Waals surface area contributed by atoms with Crippen LogP contribution in [0.2, 0.25) is 0 Å². The zero-order valence-corrected chi connectivity index (χ0v) is 9.06. The fourth-order valence-electron chi connectivity index (χ4n) is 1.44. The first-order chi connectivity index (χ1) is 7.91. The predicted octanol–water partition coefficient (Wildman–Crippen LogP) is 0.970. The molecule has 0 atom stereocenters. The molecule has 0 bridgehead atoms. The third kappa shape index (κ3) is 3.30. The van der Waals surface area contributed by atoms with E-state index in [-0.39, 0.29) is 22.7 Å². The minimum atomic E-state index is -1.23. The Labute approximate surface area is 96.9 Å². The summed E-state index contributed by atoms with van der Waals surface area (Å²) < 4.78 is 0. The van der Waals surface area contributed by atoms with Crippen molar-refractivity contribution in [2.75, 3.05) is 5.32 Å². The van der Waals surface area contributed by atoms with Crippen molar-refractivity contribution < 1.29 is 24.6 Å². The highest BCUT2D eigenvalue weighted by atomic mass is 16.4. The first-order valence-electron chi connectivity index (χ1n) is 4.76. The van der Waals surface area contributed by atoms with Gasteiger partial charge in [-0.25, -0.2) is 4.79 Å². The van der Waals surface area contributed by atoms with E-state index in [1.807, 2.05) is 0 Å². The van der Waals surface area contributed by atoms with Gasteiger partial charge in [0.1, 0.15) is 0 Å². The second-order valence-electron chi connectivity index (χ2n) is 3.39. The Morgan fingerprint density at radius 1 is 1.24 bits per heavy atom. The molecule has 0 aliphatic carbocycles. The van der Waals surface area contributed by atoms with Gasteiger partial charge in [-0.3, -0.25) is 9.59 Å². The predicted molar refractivity (Wildman–Crippen MR) is 59.0 cm³/mol. The van der Waals surface area contributed by atoms with Crippen LogP contribution in [0.1, 0.15) is 22.8 Å². The maximum Gasteiger partial charge on any atom is 0.336 e. The van der Waals surface area contributed by atoms with Gasteiger partial charge < -0.3 is 15.5 Å². The minimum absolute atomic E-state index is 0.0858. The van der Waals surface area contributed by atoms with E-state index in [2.05, 4.69) is 5.32 Å². The molecule has 0 unspecified atom stereocenters. The molecule has 0 aliphatic rings. The van der Waals surface area contributed by atoms with Crippen molar-refractivity contribution in [2.45, 2.75) is 13.3 Å². The maximum absolute atomic E-state index is 10.9. The maximum atomic E-state index is 10.9. The van der Waals surface area contributed by atoms with Crippen molar-refractivity contribution >= 4 is 23.5 Å². The summed E-state index contributed by atoms with van der Waals surface area (Å²) in [5.41, 5.74) is 0.168. The lowest BCUT2D eigenvalue weighted by molar-refractivity contribution is -0.136. The van der Waals surface area contributed by atoms with Gasteiger partial charge in [-0.2, -0.15) is 0 Å². The highest BCUT2D eigenvalue weighted by molar-refractivity contribution is 5.96. The third-order valence-corrected chi connectivity index (χ3v) is 2.05. The van der Waals surface area contributed by atoms with Crippen molar-refractivity contribution in [1.29, 1.82) is 0 Å². The van der Waals surface area contributed by atoms with Crippen LogP contribution in [0.3, 0.4) is 0 Å². The van der Waals surface area contributed by atoms with Gasteiger partial charge in [0.25, 0.3) is 0 Å². The number of carbonyl (C=O) groups excluding carboxylic acids is 1. The van der Waals surface area contributed by atoms with Gasteiger partial charge in [-0.15, -0.1) is 0 Å². The number of aliphatic carboxylic acids is 1. The molecule has 0 fully saturated rings. The highest BCUT2D eigenvalue weighted by Crippen LogP contribution is 2.21. The van der Waals surface area contributed by atoms with Gasteiger partial charge in [0.05, 0.1) is 12.0 Å². The van der Waals surface area contributed by atoms with Crippen LogP contribution in [0.25, 0.3) is 0 Å². The van der Waals surface area contributed by atoms with E-state index in [0.29, 0.717) is 0 Å². The van der Waals surface area contributed by atoms with E-state index in [4.69, 9.17) is 10.2 Å². The number of hydrogen-bond acceptors (Lipinski definition) is 3. The minimum Gasteiger partial charge on any atom is -0.481 e. The van der Waals surface area contributed by atoms with E-state index in [1.54, 1.807) is 0 Å². The first-order valence-corrected chi connectivity index (χ1v) is 4.76. The topological polar surface area (TPSA) is 104 Å². The molecule has 17 heavy (non-hydrogen) atoms. The standard InChI is InChI=1S/C11H11NO5/c1-6(13)12-9-4-2-3-7(11(16)17)8(9)5-10(14)15/h2-4H,5H2,1H3,(H,12,13)(H,14,15)(H,16,17). The van der Waals surface area contributed by atoms with Crippen LogP contribution in [0.15, 0.2) is 18.2 Å². The molecule has 1 aromatic rings. The summed E-state index contributed by atoms with van der Waals surface area (Å²) in [7, 11) is 0. The van der Waals surface area contributed by atoms with Gasteiger partial charge in [-0.05, 0) is 12.1 Å². The second kappa shape index (κ2) is 5.11. The Kier molecular flexibility index (Phi) is 3.82. The molecule has 0 radical (unpaired) electrons. The van der Waals surface area contributed by atoms with Crippen molar-refractivity contribution in [3.63, 3.8) is 0 Å². The molecule has 6 nitrogen and oxygen atoms in total. The number of carboxylic acids is 2. The number of rotatable bonds is 4. The van der Waals surface area contributed by atoms with E-state index in [0.717, 1.165) is 0 Å². The molecule has 1 rings (SSSR count). The molecule has 0 saturated carbocycles. The van der Waals surface area contributed by atoms with Crippen molar-refractivity contribution in [3.8, 4) is 0 Å². The summed E-state index contributed by atoms with van der Waals surface area (Å²) in [5, 5.41) is 20.1. The molecular weight excluding hydrogens is 226 g/mol. The van der Waals surface area contributed by atoms with Crippen molar-refractivity contribution in [1.82, 2.24) is 0 Å².